The first kappa shape index (κ1) is 23.4. The molecule has 0 aliphatic rings. The zero-order valence-corrected chi connectivity index (χ0v) is 15.4. The number of nitrogens with zero attached hydrogens (tertiary/aromatic N) is 1. The average molecular weight is 360 g/mol. The summed E-state index contributed by atoms with van der Waals surface area (Å²) in [5.41, 5.74) is 0. The fourth-order valence-electron chi connectivity index (χ4n) is 3.07. The lowest BCUT2D eigenvalue weighted by Crippen LogP contribution is -2.52. The molecule has 0 aromatic rings. The van der Waals surface area contributed by atoms with Crippen LogP contribution in [0.15, 0.2) is 0 Å². The van der Waals surface area contributed by atoms with E-state index in [1.807, 2.05) is 0 Å². The summed E-state index contributed by atoms with van der Waals surface area (Å²) in [5, 5.41) is 26.9. The van der Waals surface area contributed by atoms with Gasteiger partial charge in [-0.05, 0) is 12.8 Å². The van der Waals surface area contributed by atoms with Gasteiger partial charge in [0.2, 0.25) is 0 Å². The van der Waals surface area contributed by atoms with E-state index in [9.17, 15) is 14.4 Å². The molecule has 25 heavy (non-hydrogen) atoms. The SMILES string of the molecule is CCCCCCCCC[N+](CCC(=O)O)(CCC(=O)O)CCC(=O)O. The molecule has 0 aliphatic heterocycles. The lowest BCUT2D eigenvalue weighted by Gasteiger charge is -2.38. The molecule has 0 unspecified atom stereocenters. The first-order chi connectivity index (χ1) is 11.8. The number of carboxylic acid groups (broad SMARTS) is 3. The summed E-state index contributed by atoms with van der Waals surface area (Å²) in [5.74, 6) is -2.81. The van der Waals surface area contributed by atoms with Crippen LogP contribution < -0.4 is 0 Å². The fourth-order valence-corrected chi connectivity index (χ4v) is 3.07. The zero-order valence-electron chi connectivity index (χ0n) is 15.4. The molecule has 3 N–H and O–H groups in total. The molecular weight excluding hydrogens is 326 g/mol. The maximum atomic E-state index is 11.0. The van der Waals surface area contributed by atoms with Gasteiger partial charge in [0, 0.05) is 0 Å². The lowest BCUT2D eigenvalue weighted by molar-refractivity contribution is -0.927. The molecule has 0 rings (SSSR count). The maximum absolute atomic E-state index is 11.0. The van der Waals surface area contributed by atoms with Crippen molar-refractivity contribution in [2.75, 3.05) is 26.2 Å². The van der Waals surface area contributed by atoms with Gasteiger partial charge >= 0.3 is 17.9 Å². The molecule has 0 saturated carbocycles. The van der Waals surface area contributed by atoms with Crippen LogP contribution in [0.2, 0.25) is 0 Å². The summed E-state index contributed by atoms with van der Waals surface area (Å²) >= 11 is 0. The zero-order chi connectivity index (χ0) is 19.1. The van der Waals surface area contributed by atoms with E-state index in [2.05, 4.69) is 6.92 Å². The number of hydrogen-bond donors (Lipinski definition) is 3. The van der Waals surface area contributed by atoms with Gasteiger partial charge in [0.05, 0.1) is 45.4 Å². The highest BCUT2D eigenvalue weighted by Crippen LogP contribution is 2.16. The average Bonchev–Trinajstić information content (AvgIpc) is 2.54. The summed E-state index contributed by atoms with van der Waals surface area (Å²) in [6, 6.07) is 0. The van der Waals surface area contributed by atoms with E-state index >= 15 is 0 Å². The molecule has 0 atom stereocenters. The van der Waals surface area contributed by atoms with Crippen LogP contribution in [0.3, 0.4) is 0 Å². The number of hydrogen-bond acceptors (Lipinski definition) is 3. The molecule has 0 fully saturated rings. The molecule has 146 valence electrons. The lowest BCUT2D eigenvalue weighted by atomic mass is 10.1. The van der Waals surface area contributed by atoms with E-state index in [0.29, 0.717) is 6.54 Å². The van der Waals surface area contributed by atoms with Crippen molar-refractivity contribution in [3.8, 4) is 0 Å². The minimum absolute atomic E-state index is 0.0737. The highest BCUT2D eigenvalue weighted by Gasteiger charge is 2.29. The van der Waals surface area contributed by atoms with Gasteiger partial charge in [-0.25, -0.2) is 0 Å². The Bertz CT molecular complexity index is 365. The minimum Gasteiger partial charge on any atom is -0.481 e. The Kier molecular flexibility index (Phi) is 12.7. The number of aliphatic carboxylic acids is 3. The second kappa shape index (κ2) is 13.6. The highest BCUT2D eigenvalue weighted by atomic mass is 16.4. The van der Waals surface area contributed by atoms with Crippen molar-refractivity contribution in [2.24, 2.45) is 0 Å². The second-order valence-corrected chi connectivity index (χ2v) is 6.79. The van der Waals surface area contributed by atoms with Gasteiger partial charge in [0.15, 0.2) is 0 Å². The van der Waals surface area contributed by atoms with Gasteiger partial charge in [-0.1, -0.05) is 39.0 Å². The molecule has 7 heteroatoms. The fraction of sp³-hybridized carbons (Fsp3) is 0.833. The summed E-state index contributed by atoms with van der Waals surface area (Å²) in [4.78, 5) is 32.9. The minimum atomic E-state index is -0.937. The van der Waals surface area contributed by atoms with Gasteiger partial charge in [-0.2, -0.15) is 0 Å². The van der Waals surface area contributed by atoms with Crippen molar-refractivity contribution in [1.82, 2.24) is 0 Å². The number of unbranched alkanes of at least 4 members (excludes halogenated alkanes) is 6. The van der Waals surface area contributed by atoms with Gasteiger partial charge in [0.1, 0.15) is 0 Å². The highest BCUT2D eigenvalue weighted by molar-refractivity contribution is 5.67. The van der Waals surface area contributed by atoms with Gasteiger partial charge in [0.25, 0.3) is 0 Å². The van der Waals surface area contributed by atoms with E-state index in [1.165, 1.54) is 25.7 Å². The molecule has 7 nitrogen and oxygen atoms in total. The number of quaternary nitrogens is 1. The van der Waals surface area contributed by atoms with E-state index < -0.39 is 17.9 Å². The van der Waals surface area contributed by atoms with Gasteiger partial charge in [-0.3, -0.25) is 14.4 Å². The van der Waals surface area contributed by atoms with E-state index in [1.54, 1.807) is 0 Å². The quantitative estimate of drug-likeness (QED) is 0.271. The summed E-state index contributed by atoms with van der Waals surface area (Å²) in [6.07, 6.45) is 7.58. The third kappa shape index (κ3) is 13.3. The molecule has 0 aromatic heterocycles. The predicted octanol–water partition coefficient (Wildman–Crippen LogP) is 2.98. The van der Waals surface area contributed by atoms with Crippen LogP contribution in [0.4, 0.5) is 0 Å². The smallest absolute Gasteiger partial charge is 0.309 e. The largest absolute Gasteiger partial charge is 0.481 e. The Balaban J connectivity index is 4.68. The summed E-state index contributed by atoms with van der Waals surface area (Å²) < 4.78 is 0.264. The van der Waals surface area contributed by atoms with Crippen molar-refractivity contribution in [3.05, 3.63) is 0 Å². The molecule has 0 spiro atoms. The van der Waals surface area contributed by atoms with Crippen molar-refractivity contribution < 1.29 is 34.2 Å². The Morgan fingerprint density at radius 2 is 0.960 bits per heavy atom. The van der Waals surface area contributed by atoms with Crippen LogP contribution >= 0.6 is 0 Å². The number of rotatable bonds is 17. The Labute approximate surface area is 150 Å². The van der Waals surface area contributed by atoms with Crippen LogP contribution in [-0.4, -0.2) is 63.9 Å². The van der Waals surface area contributed by atoms with Crippen molar-refractivity contribution >= 4 is 17.9 Å². The summed E-state index contributed by atoms with van der Waals surface area (Å²) in [6.45, 7) is 3.66. The maximum Gasteiger partial charge on any atom is 0.309 e. The first-order valence-electron chi connectivity index (χ1n) is 9.32. The van der Waals surface area contributed by atoms with Crippen LogP contribution in [0.5, 0.6) is 0 Å². The monoisotopic (exact) mass is 360 g/mol. The first-order valence-corrected chi connectivity index (χ1v) is 9.32. The third-order valence-electron chi connectivity index (χ3n) is 4.64. The summed E-state index contributed by atoms with van der Waals surface area (Å²) in [7, 11) is 0. The van der Waals surface area contributed by atoms with Crippen LogP contribution in [0.25, 0.3) is 0 Å². The molecule has 0 radical (unpaired) electrons. The molecule has 0 aliphatic carbocycles. The van der Waals surface area contributed by atoms with Crippen molar-refractivity contribution in [2.45, 2.75) is 71.1 Å². The standard InChI is InChI=1S/C18H33NO6/c1-2-3-4-5-6-7-8-12-19(13-9-16(20)21,14-10-17(22)23)15-11-18(24)25/h2-15H2,1H3,(H2-,20,21,22,23,24,25)/p+1. The Hall–Kier alpha value is -1.63. The van der Waals surface area contributed by atoms with Gasteiger partial charge < -0.3 is 19.8 Å². The molecule has 0 amide bonds. The predicted molar refractivity (Wildman–Crippen MR) is 94.5 cm³/mol. The normalized spacial score (nSPS) is 11.4. The van der Waals surface area contributed by atoms with E-state index in [0.717, 1.165) is 19.3 Å². The Morgan fingerprint density at radius 3 is 1.32 bits per heavy atom. The van der Waals surface area contributed by atoms with Crippen LogP contribution in [0.1, 0.15) is 71.1 Å². The second-order valence-electron chi connectivity index (χ2n) is 6.79. The molecule has 0 bridgehead atoms. The van der Waals surface area contributed by atoms with Crippen LogP contribution in [-0.2, 0) is 14.4 Å². The van der Waals surface area contributed by atoms with Crippen LogP contribution in [0, 0.1) is 0 Å². The molecule has 0 heterocycles. The molecular formula is C18H34NO6+. The number of carboxylic acids is 3. The van der Waals surface area contributed by atoms with Gasteiger partial charge in [-0.15, -0.1) is 0 Å². The third-order valence-corrected chi connectivity index (χ3v) is 4.64. The number of carbonyl (C=O) groups is 3. The van der Waals surface area contributed by atoms with E-state index in [-0.39, 0.29) is 43.4 Å². The van der Waals surface area contributed by atoms with Crippen molar-refractivity contribution in [3.63, 3.8) is 0 Å². The van der Waals surface area contributed by atoms with Crippen molar-refractivity contribution in [1.29, 1.82) is 0 Å². The topological polar surface area (TPSA) is 112 Å². The Morgan fingerprint density at radius 1 is 0.600 bits per heavy atom. The molecule has 0 aromatic carbocycles. The molecule has 0 saturated heterocycles. The van der Waals surface area contributed by atoms with E-state index in [4.69, 9.17) is 15.3 Å².